The van der Waals surface area contributed by atoms with Crippen LogP contribution >= 0.6 is 0 Å². The first-order valence-corrected chi connectivity index (χ1v) is 10.5. The number of nitrogens with zero attached hydrogens (tertiary/aromatic N) is 5. The number of morpholine rings is 1. The Labute approximate surface area is 182 Å². The Morgan fingerprint density at radius 3 is 2.68 bits per heavy atom. The minimum atomic E-state index is 0.197. The molecular weight excluding hydrogens is 394 g/mol. The SMILES string of the molecule is CN=C(NCc1nnc2ccccn12)NCC(c1ccc(OC)cc1)N1CCOCC1. The summed E-state index contributed by atoms with van der Waals surface area (Å²) in [6.45, 7) is 4.54. The van der Waals surface area contributed by atoms with E-state index >= 15 is 0 Å². The maximum atomic E-state index is 5.55. The third kappa shape index (κ3) is 5.12. The predicted octanol–water partition coefficient (Wildman–Crippen LogP) is 1.48. The molecule has 1 aliphatic rings. The molecule has 1 saturated heterocycles. The van der Waals surface area contributed by atoms with E-state index in [0.717, 1.165) is 49.5 Å². The molecule has 3 aromatic rings. The molecule has 2 aromatic heterocycles. The van der Waals surface area contributed by atoms with Gasteiger partial charge >= 0.3 is 0 Å². The van der Waals surface area contributed by atoms with Crippen molar-refractivity contribution in [2.75, 3.05) is 47.0 Å². The lowest BCUT2D eigenvalue weighted by molar-refractivity contribution is 0.0170. The van der Waals surface area contributed by atoms with Crippen LogP contribution in [0.4, 0.5) is 0 Å². The minimum Gasteiger partial charge on any atom is -0.497 e. The van der Waals surface area contributed by atoms with E-state index in [1.807, 2.05) is 40.9 Å². The Balaban J connectivity index is 1.41. The van der Waals surface area contributed by atoms with Gasteiger partial charge in [0.25, 0.3) is 0 Å². The van der Waals surface area contributed by atoms with Crippen LogP contribution in [0.5, 0.6) is 5.75 Å². The number of rotatable bonds is 7. The lowest BCUT2D eigenvalue weighted by atomic mass is 10.0. The number of hydrogen-bond acceptors (Lipinski definition) is 6. The molecule has 0 amide bonds. The van der Waals surface area contributed by atoms with Crippen molar-refractivity contribution in [3.8, 4) is 5.75 Å². The summed E-state index contributed by atoms with van der Waals surface area (Å²) in [6, 6.07) is 14.3. The monoisotopic (exact) mass is 423 g/mol. The molecule has 31 heavy (non-hydrogen) atoms. The van der Waals surface area contributed by atoms with Gasteiger partial charge in [-0.15, -0.1) is 10.2 Å². The standard InChI is InChI=1S/C22H29N7O2/c1-23-22(25-16-21-27-26-20-5-3-4-10-29(20)21)24-15-19(28-11-13-31-14-12-28)17-6-8-18(30-2)9-7-17/h3-10,19H,11-16H2,1-2H3,(H2,23,24,25). The number of methoxy groups -OCH3 is 1. The predicted molar refractivity (Wildman–Crippen MR) is 119 cm³/mol. The number of aliphatic imine (C=N–C) groups is 1. The number of nitrogens with one attached hydrogen (secondary N) is 2. The summed E-state index contributed by atoms with van der Waals surface area (Å²) in [5, 5.41) is 15.3. The van der Waals surface area contributed by atoms with E-state index in [1.54, 1.807) is 14.2 Å². The summed E-state index contributed by atoms with van der Waals surface area (Å²) in [6.07, 6.45) is 1.96. The van der Waals surface area contributed by atoms with Gasteiger partial charge in [0, 0.05) is 32.9 Å². The van der Waals surface area contributed by atoms with E-state index in [-0.39, 0.29) is 6.04 Å². The highest BCUT2D eigenvalue weighted by atomic mass is 16.5. The molecule has 4 rings (SSSR count). The number of pyridine rings is 1. The van der Waals surface area contributed by atoms with Gasteiger partial charge in [-0.3, -0.25) is 14.3 Å². The Hall–Kier alpha value is -3.17. The first kappa shape index (κ1) is 21.1. The molecule has 0 aliphatic carbocycles. The highest BCUT2D eigenvalue weighted by molar-refractivity contribution is 5.79. The molecule has 0 radical (unpaired) electrons. The van der Waals surface area contributed by atoms with Gasteiger partial charge in [0.15, 0.2) is 17.4 Å². The second-order valence-electron chi connectivity index (χ2n) is 7.29. The Morgan fingerprint density at radius 2 is 1.94 bits per heavy atom. The first-order valence-electron chi connectivity index (χ1n) is 10.5. The van der Waals surface area contributed by atoms with Crippen LogP contribution in [0, 0.1) is 0 Å². The second kappa shape index (κ2) is 10.2. The Bertz CT molecular complexity index is 997. The fraction of sp³-hybridized carbons (Fsp3) is 0.409. The molecule has 1 aliphatic heterocycles. The van der Waals surface area contributed by atoms with E-state index in [9.17, 15) is 0 Å². The van der Waals surface area contributed by atoms with Gasteiger partial charge in [-0.2, -0.15) is 0 Å². The van der Waals surface area contributed by atoms with Crippen LogP contribution in [0.2, 0.25) is 0 Å². The van der Waals surface area contributed by atoms with Gasteiger partial charge < -0.3 is 20.1 Å². The van der Waals surface area contributed by atoms with Crippen LogP contribution in [0.15, 0.2) is 53.7 Å². The minimum absolute atomic E-state index is 0.197. The molecule has 0 spiro atoms. The van der Waals surface area contributed by atoms with Crippen LogP contribution in [0.25, 0.3) is 5.65 Å². The maximum Gasteiger partial charge on any atom is 0.191 e. The molecule has 3 heterocycles. The lowest BCUT2D eigenvalue weighted by Crippen LogP contribution is -2.46. The number of fused-ring (bicyclic) bond motifs is 1. The Kier molecular flexibility index (Phi) is 6.96. The summed E-state index contributed by atoms with van der Waals surface area (Å²) < 4.78 is 12.8. The van der Waals surface area contributed by atoms with Crippen molar-refractivity contribution >= 4 is 11.6 Å². The van der Waals surface area contributed by atoms with Crippen molar-refractivity contribution in [1.29, 1.82) is 0 Å². The van der Waals surface area contributed by atoms with Crippen molar-refractivity contribution in [3.05, 3.63) is 60.0 Å². The molecule has 0 saturated carbocycles. The summed E-state index contributed by atoms with van der Waals surface area (Å²) in [4.78, 5) is 6.82. The smallest absolute Gasteiger partial charge is 0.191 e. The fourth-order valence-corrected chi connectivity index (χ4v) is 3.76. The highest BCUT2D eigenvalue weighted by Crippen LogP contribution is 2.23. The summed E-state index contributed by atoms with van der Waals surface area (Å²) in [5.74, 6) is 2.41. The van der Waals surface area contributed by atoms with E-state index in [4.69, 9.17) is 9.47 Å². The number of benzene rings is 1. The molecule has 9 nitrogen and oxygen atoms in total. The second-order valence-corrected chi connectivity index (χ2v) is 7.29. The normalized spacial score (nSPS) is 16.3. The third-order valence-corrected chi connectivity index (χ3v) is 5.47. The largest absolute Gasteiger partial charge is 0.497 e. The highest BCUT2D eigenvalue weighted by Gasteiger charge is 2.23. The van der Waals surface area contributed by atoms with Crippen molar-refractivity contribution < 1.29 is 9.47 Å². The van der Waals surface area contributed by atoms with E-state index in [0.29, 0.717) is 13.1 Å². The van der Waals surface area contributed by atoms with Crippen molar-refractivity contribution in [3.63, 3.8) is 0 Å². The van der Waals surface area contributed by atoms with Crippen molar-refractivity contribution in [1.82, 2.24) is 30.1 Å². The molecule has 1 unspecified atom stereocenters. The number of ether oxygens (including phenoxy) is 2. The van der Waals surface area contributed by atoms with Crippen LogP contribution < -0.4 is 15.4 Å². The van der Waals surface area contributed by atoms with Gasteiger partial charge in [0.05, 0.1) is 32.9 Å². The van der Waals surface area contributed by atoms with Crippen LogP contribution in [0.1, 0.15) is 17.4 Å². The van der Waals surface area contributed by atoms with Crippen molar-refractivity contribution in [2.24, 2.45) is 4.99 Å². The van der Waals surface area contributed by atoms with E-state index in [1.165, 1.54) is 5.56 Å². The van der Waals surface area contributed by atoms with Crippen LogP contribution in [-0.2, 0) is 11.3 Å². The molecule has 1 fully saturated rings. The number of guanidine groups is 1. The van der Waals surface area contributed by atoms with Gasteiger partial charge in [-0.25, -0.2) is 0 Å². The zero-order valence-electron chi connectivity index (χ0n) is 18.0. The van der Waals surface area contributed by atoms with E-state index < -0.39 is 0 Å². The molecule has 164 valence electrons. The third-order valence-electron chi connectivity index (χ3n) is 5.47. The summed E-state index contributed by atoms with van der Waals surface area (Å²) in [5.41, 5.74) is 2.06. The lowest BCUT2D eigenvalue weighted by Gasteiger charge is -2.35. The average Bonchev–Trinajstić information content (AvgIpc) is 3.25. The summed E-state index contributed by atoms with van der Waals surface area (Å²) >= 11 is 0. The van der Waals surface area contributed by atoms with Gasteiger partial charge in [0.2, 0.25) is 0 Å². The molecule has 0 bridgehead atoms. The molecule has 2 N–H and O–H groups in total. The molecule has 1 aromatic carbocycles. The quantitative estimate of drug-likeness (QED) is 0.440. The number of aromatic nitrogens is 3. The molecule has 1 atom stereocenters. The van der Waals surface area contributed by atoms with Gasteiger partial charge in [-0.1, -0.05) is 18.2 Å². The van der Waals surface area contributed by atoms with Gasteiger partial charge in [-0.05, 0) is 29.8 Å². The maximum absolute atomic E-state index is 5.55. The van der Waals surface area contributed by atoms with Crippen LogP contribution in [0.3, 0.4) is 0 Å². The zero-order chi connectivity index (χ0) is 21.5. The first-order chi connectivity index (χ1) is 15.3. The summed E-state index contributed by atoms with van der Waals surface area (Å²) in [7, 11) is 3.46. The van der Waals surface area contributed by atoms with Crippen LogP contribution in [-0.4, -0.2) is 72.5 Å². The van der Waals surface area contributed by atoms with E-state index in [2.05, 4.69) is 42.9 Å². The van der Waals surface area contributed by atoms with Crippen molar-refractivity contribution in [2.45, 2.75) is 12.6 Å². The fourth-order valence-electron chi connectivity index (χ4n) is 3.76. The average molecular weight is 424 g/mol. The number of hydrogen-bond donors (Lipinski definition) is 2. The Morgan fingerprint density at radius 1 is 1.13 bits per heavy atom. The topological polar surface area (TPSA) is 88.3 Å². The zero-order valence-corrected chi connectivity index (χ0v) is 18.0. The van der Waals surface area contributed by atoms with Gasteiger partial charge in [0.1, 0.15) is 5.75 Å². The molecule has 9 heteroatoms. The molecular formula is C22H29N7O2.